The number of halogens is 2. The topological polar surface area (TPSA) is 36.9 Å². The molecular formula is C9H14F2O4. The normalized spacial score (nSPS) is 45.4. The molecule has 0 bridgehead atoms. The lowest BCUT2D eigenvalue weighted by atomic mass is 10.1. The summed E-state index contributed by atoms with van der Waals surface area (Å²) in [4.78, 5) is 0. The number of methoxy groups -OCH3 is 1. The zero-order chi connectivity index (χ0) is 11.3. The lowest BCUT2D eigenvalue weighted by Gasteiger charge is -2.28. The van der Waals surface area contributed by atoms with Gasteiger partial charge in [-0.1, -0.05) is 0 Å². The summed E-state index contributed by atoms with van der Waals surface area (Å²) in [6.07, 6.45) is -3.84. The van der Waals surface area contributed by atoms with Gasteiger partial charge in [0.1, 0.15) is 6.10 Å². The third kappa shape index (κ3) is 1.65. The lowest BCUT2D eigenvalue weighted by Crippen LogP contribution is -2.47. The van der Waals surface area contributed by atoms with E-state index in [1.807, 2.05) is 0 Å². The van der Waals surface area contributed by atoms with Crippen molar-refractivity contribution in [3.8, 4) is 0 Å². The molecule has 0 aliphatic carbocycles. The van der Waals surface area contributed by atoms with Crippen molar-refractivity contribution in [1.82, 2.24) is 0 Å². The first-order valence-electron chi connectivity index (χ1n) is 4.74. The number of hydrogen-bond acceptors (Lipinski definition) is 4. The molecule has 6 heteroatoms. The maximum atomic E-state index is 14.1. The summed E-state index contributed by atoms with van der Waals surface area (Å²) >= 11 is 0. The Kier molecular flexibility index (Phi) is 2.50. The molecule has 0 amide bonds. The summed E-state index contributed by atoms with van der Waals surface area (Å²) in [7, 11) is 1.07. The molecule has 2 rings (SSSR count). The van der Waals surface area contributed by atoms with Crippen molar-refractivity contribution in [2.24, 2.45) is 0 Å². The third-order valence-corrected chi connectivity index (χ3v) is 2.56. The van der Waals surface area contributed by atoms with Crippen LogP contribution in [0.15, 0.2) is 0 Å². The van der Waals surface area contributed by atoms with Crippen LogP contribution >= 0.6 is 0 Å². The SMILES string of the molecule is CO[C@@H](F)[C@]1(F)OC[C@H]2OC(C)(C)O[C@H]21. The maximum absolute atomic E-state index is 14.1. The summed E-state index contributed by atoms with van der Waals surface area (Å²) in [5, 5.41) is 0. The highest BCUT2D eigenvalue weighted by molar-refractivity contribution is 4.98. The van der Waals surface area contributed by atoms with E-state index in [-0.39, 0.29) is 6.61 Å². The molecule has 2 heterocycles. The molecule has 4 nitrogen and oxygen atoms in total. The fourth-order valence-electron chi connectivity index (χ4n) is 1.94. The average Bonchev–Trinajstić information content (AvgIpc) is 2.62. The van der Waals surface area contributed by atoms with Gasteiger partial charge in [-0.25, -0.2) is 8.78 Å². The molecule has 0 aromatic heterocycles. The van der Waals surface area contributed by atoms with Crippen LogP contribution in [0.25, 0.3) is 0 Å². The Bertz CT molecular complexity index is 260. The maximum Gasteiger partial charge on any atom is 0.294 e. The van der Waals surface area contributed by atoms with Gasteiger partial charge < -0.3 is 18.9 Å². The Morgan fingerprint density at radius 2 is 2.07 bits per heavy atom. The van der Waals surface area contributed by atoms with Crippen LogP contribution in [-0.2, 0) is 18.9 Å². The van der Waals surface area contributed by atoms with Crippen molar-refractivity contribution in [2.45, 2.75) is 44.1 Å². The Morgan fingerprint density at radius 1 is 1.40 bits per heavy atom. The summed E-state index contributed by atoms with van der Waals surface area (Å²) in [6.45, 7) is 3.26. The van der Waals surface area contributed by atoms with Crippen LogP contribution in [0.2, 0.25) is 0 Å². The quantitative estimate of drug-likeness (QED) is 0.705. The molecule has 2 fully saturated rings. The van der Waals surface area contributed by atoms with Gasteiger partial charge >= 0.3 is 0 Å². The highest BCUT2D eigenvalue weighted by Crippen LogP contribution is 2.44. The molecule has 0 unspecified atom stereocenters. The molecular weight excluding hydrogens is 210 g/mol. The van der Waals surface area contributed by atoms with Crippen LogP contribution in [0.4, 0.5) is 8.78 Å². The van der Waals surface area contributed by atoms with Gasteiger partial charge in [0.05, 0.1) is 6.61 Å². The van der Waals surface area contributed by atoms with Crippen molar-refractivity contribution in [3.05, 3.63) is 0 Å². The Morgan fingerprint density at radius 3 is 2.67 bits per heavy atom. The molecule has 0 aromatic carbocycles. The first-order chi connectivity index (χ1) is 6.89. The second-order valence-electron chi connectivity index (χ2n) is 4.16. The Balaban J connectivity index is 2.17. The highest BCUT2D eigenvalue weighted by Gasteiger charge is 2.64. The number of rotatable bonds is 2. The van der Waals surface area contributed by atoms with Gasteiger partial charge in [-0.15, -0.1) is 0 Å². The molecule has 0 radical (unpaired) electrons. The molecule has 0 N–H and O–H groups in total. The number of ether oxygens (including phenoxy) is 4. The lowest BCUT2D eigenvalue weighted by molar-refractivity contribution is -0.288. The average molecular weight is 224 g/mol. The fourth-order valence-corrected chi connectivity index (χ4v) is 1.94. The zero-order valence-electron chi connectivity index (χ0n) is 8.83. The van der Waals surface area contributed by atoms with Crippen molar-refractivity contribution >= 4 is 0 Å². The largest absolute Gasteiger partial charge is 0.347 e. The fraction of sp³-hybridized carbons (Fsp3) is 1.00. The van der Waals surface area contributed by atoms with E-state index in [0.29, 0.717) is 0 Å². The van der Waals surface area contributed by atoms with Gasteiger partial charge in [0.2, 0.25) is 0 Å². The summed E-state index contributed by atoms with van der Waals surface area (Å²) in [5.74, 6) is -3.49. The minimum Gasteiger partial charge on any atom is -0.347 e. The summed E-state index contributed by atoms with van der Waals surface area (Å²) < 4.78 is 47.0. The van der Waals surface area contributed by atoms with E-state index in [1.165, 1.54) is 0 Å². The van der Waals surface area contributed by atoms with E-state index < -0.39 is 30.2 Å². The predicted molar refractivity (Wildman–Crippen MR) is 45.5 cm³/mol. The van der Waals surface area contributed by atoms with E-state index in [1.54, 1.807) is 13.8 Å². The smallest absolute Gasteiger partial charge is 0.294 e. The first kappa shape index (κ1) is 11.2. The molecule has 2 saturated heterocycles. The van der Waals surface area contributed by atoms with Gasteiger partial charge in [-0.2, -0.15) is 0 Å². The van der Waals surface area contributed by atoms with E-state index in [2.05, 4.69) is 4.74 Å². The van der Waals surface area contributed by atoms with Crippen molar-refractivity contribution < 1.29 is 27.7 Å². The second-order valence-corrected chi connectivity index (χ2v) is 4.16. The van der Waals surface area contributed by atoms with Gasteiger partial charge in [0.15, 0.2) is 11.9 Å². The Hall–Kier alpha value is -0.300. The van der Waals surface area contributed by atoms with Crippen LogP contribution in [0.5, 0.6) is 0 Å². The van der Waals surface area contributed by atoms with E-state index in [0.717, 1.165) is 7.11 Å². The van der Waals surface area contributed by atoms with Crippen LogP contribution in [0.3, 0.4) is 0 Å². The zero-order valence-corrected chi connectivity index (χ0v) is 8.83. The minimum atomic E-state index is -2.58. The van der Waals surface area contributed by atoms with E-state index in [4.69, 9.17) is 14.2 Å². The van der Waals surface area contributed by atoms with Crippen molar-refractivity contribution in [2.75, 3.05) is 13.7 Å². The minimum absolute atomic E-state index is 0.0334. The summed E-state index contributed by atoms with van der Waals surface area (Å²) in [6, 6.07) is 0. The van der Waals surface area contributed by atoms with E-state index >= 15 is 0 Å². The summed E-state index contributed by atoms with van der Waals surface area (Å²) in [5.41, 5.74) is 0. The van der Waals surface area contributed by atoms with Crippen molar-refractivity contribution in [3.63, 3.8) is 0 Å². The molecule has 0 spiro atoms. The highest BCUT2D eigenvalue weighted by atomic mass is 19.2. The number of alkyl halides is 2. The molecule has 88 valence electrons. The van der Waals surface area contributed by atoms with Crippen molar-refractivity contribution in [1.29, 1.82) is 0 Å². The van der Waals surface area contributed by atoms with Crippen LogP contribution < -0.4 is 0 Å². The van der Waals surface area contributed by atoms with Crippen LogP contribution in [-0.4, -0.2) is 43.9 Å². The number of fused-ring (bicyclic) bond motifs is 1. The van der Waals surface area contributed by atoms with Gasteiger partial charge in [-0.05, 0) is 13.8 Å². The molecule has 0 saturated carbocycles. The van der Waals surface area contributed by atoms with Crippen LogP contribution in [0.1, 0.15) is 13.8 Å². The predicted octanol–water partition coefficient (Wildman–Crippen LogP) is 1.14. The molecule has 4 atom stereocenters. The first-order valence-corrected chi connectivity index (χ1v) is 4.74. The Labute approximate surface area is 86.4 Å². The van der Waals surface area contributed by atoms with Crippen LogP contribution in [0, 0.1) is 0 Å². The molecule has 2 aliphatic rings. The molecule has 0 aromatic rings. The molecule has 15 heavy (non-hydrogen) atoms. The molecule has 2 aliphatic heterocycles. The number of hydrogen-bond donors (Lipinski definition) is 0. The van der Waals surface area contributed by atoms with E-state index in [9.17, 15) is 8.78 Å². The van der Waals surface area contributed by atoms with Gasteiger partial charge in [0, 0.05) is 7.11 Å². The third-order valence-electron chi connectivity index (χ3n) is 2.56. The van der Waals surface area contributed by atoms with Gasteiger partial charge in [0.25, 0.3) is 12.2 Å². The monoisotopic (exact) mass is 224 g/mol. The van der Waals surface area contributed by atoms with Gasteiger partial charge in [-0.3, -0.25) is 0 Å². The second kappa shape index (κ2) is 3.35. The standard InChI is InChI=1S/C9H14F2O4/c1-8(2)14-5-4-13-9(11,6(5)15-8)7(10)12-3/h5-7H,4H2,1-3H3/t5-,6-,7-,9-/m1/s1.